The molecule has 0 fully saturated rings. The Morgan fingerprint density at radius 1 is 0.864 bits per heavy atom. The lowest BCUT2D eigenvalue weighted by Crippen LogP contribution is -1.95. The van der Waals surface area contributed by atoms with Gasteiger partial charge in [0.05, 0.1) is 5.52 Å². The molecule has 0 spiro atoms. The fourth-order valence-electron chi connectivity index (χ4n) is 2.41. The Bertz CT molecular complexity index is 823. The number of hydrogen-bond donors (Lipinski definition) is 0. The van der Waals surface area contributed by atoms with Crippen molar-refractivity contribution in [3.63, 3.8) is 0 Å². The molecule has 0 aliphatic rings. The van der Waals surface area contributed by atoms with Crippen LogP contribution in [-0.4, -0.2) is 9.97 Å². The molecule has 0 aliphatic heterocycles. The number of nitrogens with zero attached hydrogens (tertiary/aromatic N) is 2. The standard InChI is InChI=1S/C19H20N2S/c1-12-5-7-16(8-6-12)11-22-19-20-15(4)17-9-13(2)14(3)10-18(17)21-19/h5-10H,11H2,1-4H3. The van der Waals surface area contributed by atoms with Crippen molar-refractivity contribution >= 4 is 22.7 Å². The summed E-state index contributed by atoms with van der Waals surface area (Å²) >= 11 is 1.70. The zero-order chi connectivity index (χ0) is 15.7. The Morgan fingerprint density at radius 3 is 2.27 bits per heavy atom. The van der Waals surface area contributed by atoms with Crippen LogP contribution in [0.15, 0.2) is 41.6 Å². The topological polar surface area (TPSA) is 25.8 Å². The molecular formula is C19H20N2S. The zero-order valence-corrected chi connectivity index (χ0v) is 14.3. The Morgan fingerprint density at radius 2 is 1.55 bits per heavy atom. The fraction of sp³-hybridized carbons (Fsp3) is 0.263. The molecule has 0 unspecified atom stereocenters. The van der Waals surface area contributed by atoms with E-state index in [4.69, 9.17) is 4.98 Å². The van der Waals surface area contributed by atoms with Crippen LogP contribution in [0.1, 0.15) is 27.9 Å². The van der Waals surface area contributed by atoms with Gasteiger partial charge >= 0.3 is 0 Å². The van der Waals surface area contributed by atoms with E-state index in [1.165, 1.54) is 22.3 Å². The molecule has 1 heterocycles. The largest absolute Gasteiger partial charge is 0.227 e. The maximum Gasteiger partial charge on any atom is 0.188 e. The number of fused-ring (bicyclic) bond motifs is 1. The molecule has 3 rings (SSSR count). The molecule has 0 N–H and O–H groups in total. The average Bonchev–Trinajstić information content (AvgIpc) is 2.49. The van der Waals surface area contributed by atoms with Crippen LogP contribution < -0.4 is 0 Å². The summed E-state index contributed by atoms with van der Waals surface area (Å²) in [6, 6.07) is 13.0. The van der Waals surface area contributed by atoms with Gasteiger partial charge in [0.25, 0.3) is 0 Å². The summed E-state index contributed by atoms with van der Waals surface area (Å²) in [7, 11) is 0. The molecule has 3 aromatic rings. The van der Waals surface area contributed by atoms with E-state index in [9.17, 15) is 0 Å². The SMILES string of the molecule is Cc1ccc(CSc2nc(C)c3cc(C)c(C)cc3n2)cc1. The third-order valence-electron chi connectivity index (χ3n) is 3.97. The van der Waals surface area contributed by atoms with Gasteiger partial charge in [0.15, 0.2) is 5.16 Å². The van der Waals surface area contributed by atoms with E-state index in [1.54, 1.807) is 11.8 Å². The van der Waals surface area contributed by atoms with Gasteiger partial charge < -0.3 is 0 Å². The van der Waals surface area contributed by atoms with Crippen LogP contribution in [0.4, 0.5) is 0 Å². The third-order valence-corrected chi connectivity index (χ3v) is 4.89. The monoisotopic (exact) mass is 308 g/mol. The predicted octanol–water partition coefficient (Wildman–Crippen LogP) is 5.16. The molecule has 22 heavy (non-hydrogen) atoms. The minimum Gasteiger partial charge on any atom is -0.227 e. The first-order valence-corrected chi connectivity index (χ1v) is 8.45. The lowest BCUT2D eigenvalue weighted by Gasteiger charge is -2.08. The van der Waals surface area contributed by atoms with E-state index in [0.717, 1.165) is 27.5 Å². The highest BCUT2D eigenvalue weighted by Crippen LogP contribution is 2.25. The van der Waals surface area contributed by atoms with Gasteiger partial charge in [-0.25, -0.2) is 9.97 Å². The number of benzene rings is 2. The number of rotatable bonds is 3. The number of thioether (sulfide) groups is 1. The summed E-state index contributed by atoms with van der Waals surface area (Å²) in [5.41, 5.74) is 7.26. The zero-order valence-electron chi connectivity index (χ0n) is 13.5. The van der Waals surface area contributed by atoms with Crippen molar-refractivity contribution in [1.82, 2.24) is 9.97 Å². The summed E-state index contributed by atoms with van der Waals surface area (Å²) in [5, 5.41) is 2.01. The van der Waals surface area contributed by atoms with E-state index < -0.39 is 0 Å². The molecule has 3 heteroatoms. The molecule has 0 bridgehead atoms. The molecule has 0 saturated carbocycles. The first kappa shape index (κ1) is 15.0. The number of aryl methyl sites for hydroxylation is 4. The molecule has 0 amide bonds. The van der Waals surface area contributed by atoms with Crippen LogP contribution >= 0.6 is 11.8 Å². The predicted molar refractivity (Wildman–Crippen MR) is 94.5 cm³/mol. The first-order valence-electron chi connectivity index (χ1n) is 7.47. The van der Waals surface area contributed by atoms with E-state index in [1.807, 2.05) is 0 Å². The quantitative estimate of drug-likeness (QED) is 0.494. The van der Waals surface area contributed by atoms with Crippen molar-refractivity contribution in [2.24, 2.45) is 0 Å². The molecule has 0 aliphatic carbocycles. The van der Waals surface area contributed by atoms with Crippen LogP contribution in [0, 0.1) is 27.7 Å². The van der Waals surface area contributed by atoms with Crippen LogP contribution in [0.2, 0.25) is 0 Å². The van der Waals surface area contributed by atoms with Crippen molar-refractivity contribution < 1.29 is 0 Å². The smallest absolute Gasteiger partial charge is 0.188 e. The van der Waals surface area contributed by atoms with Crippen molar-refractivity contribution in [3.8, 4) is 0 Å². The van der Waals surface area contributed by atoms with Gasteiger partial charge in [-0.1, -0.05) is 41.6 Å². The van der Waals surface area contributed by atoms with Gasteiger partial charge in [0, 0.05) is 16.8 Å². The molecule has 2 nitrogen and oxygen atoms in total. The van der Waals surface area contributed by atoms with Crippen molar-refractivity contribution in [2.45, 2.75) is 38.6 Å². The summed E-state index contributed by atoms with van der Waals surface area (Å²) < 4.78 is 0. The number of hydrogen-bond acceptors (Lipinski definition) is 3. The van der Waals surface area contributed by atoms with Crippen molar-refractivity contribution in [1.29, 1.82) is 0 Å². The molecule has 0 radical (unpaired) electrons. The molecular weight excluding hydrogens is 288 g/mol. The van der Waals surface area contributed by atoms with E-state index >= 15 is 0 Å². The van der Waals surface area contributed by atoms with Gasteiger partial charge in [0.2, 0.25) is 0 Å². The maximum absolute atomic E-state index is 4.72. The van der Waals surface area contributed by atoms with Crippen LogP contribution in [0.3, 0.4) is 0 Å². The Kier molecular flexibility index (Phi) is 4.16. The molecule has 2 aromatic carbocycles. The summed E-state index contributed by atoms with van der Waals surface area (Å²) in [6.45, 7) is 8.44. The molecule has 1 aromatic heterocycles. The minimum absolute atomic E-state index is 0.855. The highest BCUT2D eigenvalue weighted by atomic mass is 32.2. The van der Waals surface area contributed by atoms with E-state index in [2.05, 4.69) is 69.1 Å². The Balaban J connectivity index is 1.88. The second-order valence-electron chi connectivity index (χ2n) is 5.82. The normalized spacial score (nSPS) is 11.1. The van der Waals surface area contributed by atoms with Crippen molar-refractivity contribution in [3.05, 3.63) is 64.3 Å². The molecule has 112 valence electrons. The first-order chi connectivity index (χ1) is 10.5. The highest BCUT2D eigenvalue weighted by molar-refractivity contribution is 7.98. The van der Waals surface area contributed by atoms with Crippen LogP contribution in [0.5, 0.6) is 0 Å². The van der Waals surface area contributed by atoms with Crippen molar-refractivity contribution in [2.75, 3.05) is 0 Å². The highest BCUT2D eigenvalue weighted by Gasteiger charge is 2.07. The summed E-state index contributed by atoms with van der Waals surface area (Å²) in [4.78, 5) is 9.38. The third kappa shape index (κ3) is 3.14. The van der Waals surface area contributed by atoms with E-state index in [-0.39, 0.29) is 0 Å². The summed E-state index contributed by atoms with van der Waals surface area (Å²) in [6.07, 6.45) is 0. The Labute approximate surface area is 136 Å². The Hall–Kier alpha value is -1.87. The molecule has 0 saturated heterocycles. The van der Waals surface area contributed by atoms with Gasteiger partial charge in [-0.3, -0.25) is 0 Å². The minimum atomic E-state index is 0.855. The second-order valence-corrected chi connectivity index (χ2v) is 6.76. The van der Waals surface area contributed by atoms with Crippen LogP contribution in [0.25, 0.3) is 10.9 Å². The molecule has 0 atom stereocenters. The lowest BCUT2D eigenvalue weighted by atomic mass is 10.1. The van der Waals surface area contributed by atoms with E-state index in [0.29, 0.717) is 0 Å². The second kappa shape index (κ2) is 6.09. The van der Waals surface area contributed by atoms with Gasteiger partial charge in [-0.2, -0.15) is 0 Å². The fourth-order valence-corrected chi connectivity index (χ4v) is 3.26. The average molecular weight is 308 g/mol. The summed E-state index contributed by atoms with van der Waals surface area (Å²) in [5.74, 6) is 0.899. The maximum atomic E-state index is 4.72. The van der Waals surface area contributed by atoms with Gasteiger partial charge in [0.1, 0.15) is 0 Å². The van der Waals surface area contributed by atoms with Crippen LogP contribution in [-0.2, 0) is 5.75 Å². The van der Waals surface area contributed by atoms with Gasteiger partial charge in [-0.15, -0.1) is 0 Å². The lowest BCUT2D eigenvalue weighted by molar-refractivity contribution is 0.967. The number of aromatic nitrogens is 2. The van der Waals surface area contributed by atoms with Gasteiger partial charge in [-0.05, 0) is 56.5 Å².